The van der Waals surface area contributed by atoms with Crippen molar-refractivity contribution >= 4 is 37.5 Å². The monoisotopic (exact) mass is 507 g/mol. The Kier molecular flexibility index (Phi) is 6.51. The third-order valence-corrected chi connectivity index (χ3v) is 9.08. The molecule has 2 N–H and O–H groups in total. The minimum absolute atomic E-state index is 0.0106. The van der Waals surface area contributed by atoms with Crippen LogP contribution in [-0.2, 0) is 29.6 Å². The van der Waals surface area contributed by atoms with E-state index >= 15 is 0 Å². The third kappa shape index (κ3) is 4.45. The molecule has 1 saturated heterocycles. The summed E-state index contributed by atoms with van der Waals surface area (Å²) in [7, 11) is -6.57. The van der Waals surface area contributed by atoms with Gasteiger partial charge in [0.15, 0.2) is 0 Å². The maximum absolute atomic E-state index is 13.7. The van der Waals surface area contributed by atoms with Crippen molar-refractivity contribution in [1.29, 1.82) is 0 Å². The van der Waals surface area contributed by atoms with Crippen LogP contribution in [0.4, 0.5) is 5.69 Å². The van der Waals surface area contributed by atoms with Crippen molar-refractivity contribution in [2.24, 2.45) is 5.14 Å². The predicted molar refractivity (Wildman–Crippen MR) is 123 cm³/mol. The first-order valence-electron chi connectivity index (χ1n) is 10.7. The van der Waals surface area contributed by atoms with Crippen LogP contribution in [0.3, 0.4) is 0 Å². The molecule has 2 aromatic rings. The number of primary sulfonamides is 1. The van der Waals surface area contributed by atoms with Gasteiger partial charge in [0.2, 0.25) is 26.0 Å². The van der Waals surface area contributed by atoms with Gasteiger partial charge in [-0.05, 0) is 61.4 Å². The lowest BCUT2D eigenvalue weighted by Gasteiger charge is -2.32. The third-order valence-electron chi connectivity index (χ3n) is 6.17. The SMILES string of the molecule is COc1ccc(S(=O)(=O)N(C2CCCC2)C2CC(=O)N(c3ccc(S(N)(=O)=O)cc3)C2=O)cc1. The van der Waals surface area contributed by atoms with Crippen LogP contribution in [0.2, 0.25) is 0 Å². The van der Waals surface area contributed by atoms with Gasteiger partial charge in [-0.1, -0.05) is 12.8 Å². The van der Waals surface area contributed by atoms with Gasteiger partial charge in [0.05, 0.1) is 29.0 Å². The first-order chi connectivity index (χ1) is 16.0. The molecule has 0 bridgehead atoms. The zero-order chi connectivity index (χ0) is 24.7. The van der Waals surface area contributed by atoms with E-state index in [-0.39, 0.29) is 21.9 Å². The predicted octanol–water partition coefficient (Wildman–Crippen LogP) is 1.61. The zero-order valence-electron chi connectivity index (χ0n) is 18.5. The molecular weight excluding hydrogens is 482 g/mol. The number of carbonyl (C=O) groups excluding carboxylic acids is 2. The van der Waals surface area contributed by atoms with Crippen molar-refractivity contribution in [3.8, 4) is 5.75 Å². The molecule has 182 valence electrons. The normalized spacial score (nSPS) is 19.9. The van der Waals surface area contributed by atoms with E-state index in [1.54, 1.807) is 0 Å². The number of amides is 2. The Morgan fingerprint density at radius 2 is 1.47 bits per heavy atom. The molecular formula is C22H25N3O7S2. The molecule has 1 aliphatic heterocycles. The lowest BCUT2D eigenvalue weighted by atomic mass is 10.2. The Balaban J connectivity index is 1.70. The summed E-state index contributed by atoms with van der Waals surface area (Å²) in [6.45, 7) is 0. The van der Waals surface area contributed by atoms with Gasteiger partial charge in [0.25, 0.3) is 5.91 Å². The molecule has 10 nitrogen and oxygen atoms in total. The maximum atomic E-state index is 13.7. The number of benzene rings is 2. The Morgan fingerprint density at radius 1 is 0.912 bits per heavy atom. The lowest BCUT2D eigenvalue weighted by Crippen LogP contribution is -2.49. The second-order valence-electron chi connectivity index (χ2n) is 8.27. The second-order valence-corrected chi connectivity index (χ2v) is 11.7. The smallest absolute Gasteiger partial charge is 0.252 e. The van der Waals surface area contributed by atoms with Crippen LogP contribution < -0.4 is 14.8 Å². The molecule has 2 aromatic carbocycles. The number of rotatable bonds is 7. The fourth-order valence-corrected chi connectivity index (χ4v) is 6.86. The van der Waals surface area contributed by atoms with Crippen molar-refractivity contribution < 1.29 is 31.2 Å². The lowest BCUT2D eigenvalue weighted by molar-refractivity contribution is -0.122. The van der Waals surface area contributed by atoms with E-state index < -0.39 is 43.9 Å². The van der Waals surface area contributed by atoms with E-state index in [1.807, 2.05) is 0 Å². The summed E-state index contributed by atoms with van der Waals surface area (Å²) in [6, 6.07) is 9.29. The fraction of sp³-hybridized carbons (Fsp3) is 0.364. The van der Waals surface area contributed by atoms with Crippen molar-refractivity contribution in [3.63, 3.8) is 0 Å². The van der Waals surface area contributed by atoms with E-state index in [0.29, 0.717) is 18.6 Å². The van der Waals surface area contributed by atoms with Crippen molar-refractivity contribution in [1.82, 2.24) is 4.31 Å². The molecule has 4 rings (SSSR count). The minimum atomic E-state index is -4.10. The number of ether oxygens (including phenoxy) is 1. The number of nitrogens with two attached hydrogens (primary N) is 1. The number of methoxy groups -OCH3 is 1. The molecule has 0 aromatic heterocycles. The molecule has 2 aliphatic rings. The van der Waals surface area contributed by atoms with Gasteiger partial charge in [0, 0.05) is 6.04 Å². The van der Waals surface area contributed by atoms with Gasteiger partial charge in [-0.25, -0.2) is 26.9 Å². The van der Waals surface area contributed by atoms with Crippen LogP contribution in [0.5, 0.6) is 5.75 Å². The second kappa shape index (κ2) is 9.10. The average Bonchev–Trinajstić information content (AvgIpc) is 3.42. The first-order valence-corrected chi connectivity index (χ1v) is 13.7. The van der Waals surface area contributed by atoms with Gasteiger partial charge < -0.3 is 4.74 Å². The highest BCUT2D eigenvalue weighted by Crippen LogP contribution is 2.36. The fourth-order valence-electron chi connectivity index (χ4n) is 4.52. The average molecular weight is 508 g/mol. The number of hydrogen-bond acceptors (Lipinski definition) is 7. The summed E-state index contributed by atoms with van der Waals surface area (Å²) in [4.78, 5) is 27.0. The summed E-state index contributed by atoms with van der Waals surface area (Å²) in [5, 5.41) is 5.11. The molecule has 2 amide bonds. The van der Waals surface area contributed by atoms with Crippen LogP contribution in [0.15, 0.2) is 58.3 Å². The molecule has 1 aliphatic carbocycles. The number of anilines is 1. The number of sulfonamides is 2. The topological polar surface area (TPSA) is 144 Å². The van der Waals surface area contributed by atoms with Gasteiger partial charge in [0.1, 0.15) is 11.8 Å². The molecule has 2 fully saturated rings. The van der Waals surface area contributed by atoms with Crippen LogP contribution in [-0.4, -0.2) is 52.1 Å². The van der Waals surface area contributed by atoms with Gasteiger partial charge >= 0.3 is 0 Å². The first kappa shape index (κ1) is 24.3. The molecule has 1 saturated carbocycles. The maximum Gasteiger partial charge on any atom is 0.252 e. The van der Waals surface area contributed by atoms with E-state index in [0.717, 1.165) is 17.7 Å². The highest BCUT2D eigenvalue weighted by molar-refractivity contribution is 7.89. The Bertz CT molecular complexity index is 1300. The molecule has 1 atom stereocenters. The molecule has 1 unspecified atom stereocenters. The zero-order valence-corrected chi connectivity index (χ0v) is 20.1. The summed E-state index contributed by atoms with van der Waals surface area (Å²) in [5.41, 5.74) is 0.151. The molecule has 34 heavy (non-hydrogen) atoms. The van der Waals surface area contributed by atoms with E-state index in [2.05, 4.69) is 0 Å². The number of nitrogens with zero attached hydrogens (tertiary/aromatic N) is 2. The van der Waals surface area contributed by atoms with E-state index in [1.165, 1.54) is 59.9 Å². The standard InChI is InChI=1S/C22H25N3O7S2/c1-32-17-8-12-19(13-9-17)34(30,31)25(16-4-2-3-5-16)20-14-21(26)24(22(20)27)15-6-10-18(11-7-15)33(23,28)29/h6-13,16,20H,2-5,14H2,1H3,(H2,23,28,29). The van der Waals surface area contributed by atoms with Gasteiger partial charge in [-0.2, -0.15) is 4.31 Å². The Labute approximate surface area is 198 Å². The van der Waals surface area contributed by atoms with Gasteiger partial charge in [-0.3, -0.25) is 9.59 Å². The number of imide groups is 1. The highest BCUT2D eigenvalue weighted by atomic mass is 32.2. The summed E-state index contributed by atoms with van der Waals surface area (Å²) < 4.78 is 56.7. The summed E-state index contributed by atoms with van der Waals surface area (Å²) in [5.74, 6) is -0.740. The molecule has 12 heteroatoms. The largest absolute Gasteiger partial charge is 0.497 e. The molecule has 0 spiro atoms. The van der Waals surface area contributed by atoms with Crippen LogP contribution >= 0.6 is 0 Å². The molecule has 0 radical (unpaired) electrons. The summed E-state index contributed by atoms with van der Waals surface area (Å²) >= 11 is 0. The Hall–Kier alpha value is -2.80. The van der Waals surface area contributed by atoms with Crippen molar-refractivity contribution in [2.45, 2.75) is 54.0 Å². The van der Waals surface area contributed by atoms with Gasteiger partial charge in [-0.15, -0.1) is 0 Å². The number of carbonyl (C=O) groups is 2. The van der Waals surface area contributed by atoms with Crippen LogP contribution in [0.25, 0.3) is 0 Å². The Morgan fingerprint density at radius 3 is 2.00 bits per heavy atom. The highest BCUT2D eigenvalue weighted by Gasteiger charge is 2.49. The number of hydrogen-bond donors (Lipinski definition) is 1. The van der Waals surface area contributed by atoms with Crippen LogP contribution in [0.1, 0.15) is 32.1 Å². The van der Waals surface area contributed by atoms with Crippen molar-refractivity contribution in [2.75, 3.05) is 12.0 Å². The van der Waals surface area contributed by atoms with E-state index in [4.69, 9.17) is 9.88 Å². The summed E-state index contributed by atoms with van der Waals surface area (Å²) in [6.07, 6.45) is 2.54. The quantitative estimate of drug-likeness (QED) is 0.561. The minimum Gasteiger partial charge on any atom is -0.497 e. The van der Waals surface area contributed by atoms with Crippen LogP contribution in [0, 0.1) is 0 Å². The molecule has 1 heterocycles. The van der Waals surface area contributed by atoms with E-state index in [9.17, 15) is 26.4 Å². The van der Waals surface area contributed by atoms with Crippen molar-refractivity contribution in [3.05, 3.63) is 48.5 Å².